The highest BCUT2D eigenvalue weighted by atomic mass is 32.2. The lowest BCUT2D eigenvalue weighted by atomic mass is 10.1. The molecule has 1 unspecified atom stereocenters. The Labute approximate surface area is 221 Å². The van der Waals surface area contributed by atoms with Crippen molar-refractivity contribution in [3.05, 3.63) is 114 Å². The molecule has 4 aromatic carbocycles. The molecular weight excluding hydrogens is 484 g/mol. The van der Waals surface area contributed by atoms with E-state index in [2.05, 4.69) is 10.6 Å². The zero-order valence-corrected chi connectivity index (χ0v) is 21.5. The van der Waals surface area contributed by atoms with Crippen molar-refractivity contribution >= 4 is 35.0 Å². The summed E-state index contributed by atoms with van der Waals surface area (Å²) in [6.45, 7) is 0. The van der Waals surface area contributed by atoms with Crippen LogP contribution in [0.1, 0.15) is 16.4 Å². The average Bonchev–Trinajstić information content (AvgIpc) is 2.93. The Morgan fingerprint density at radius 1 is 0.784 bits per heavy atom. The number of methoxy groups -OCH3 is 2. The van der Waals surface area contributed by atoms with Crippen LogP contribution < -0.4 is 20.1 Å². The standard InChI is InChI=1S/C30H28N2O4S/c1-35-24-15-18-26(27(20-24)36-2)32-30(34)29(22-11-7-4-8-12-22)37-25-16-13-23(14-17-25)31-28(33)19-21-9-5-3-6-10-21/h3-18,20,29H,19H2,1-2H3,(H,31,33)(H,32,34). The molecular formula is C30H28N2O4S. The Morgan fingerprint density at radius 3 is 2.11 bits per heavy atom. The first-order valence-electron chi connectivity index (χ1n) is 11.7. The summed E-state index contributed by atoms with van der Waals surface area (Å²) in [5, 5.41) is 5.42. The molecule has 6 nitrogen and oxygen atoms in total. The van der Waals surface area contributed by atoms with Crippen LogP contribution in [0.3, 0.4) is 0 Å². The second-order valence-corrected chi connectivity index (χ2v) is 9.38. The van der Waals surface area contributed by atoms with E-state index in [0.717, 1.165) is 16.0 Å². The van der Waals surface area contributed by atoms with E-state index in [1.54, 1.807) is 32.4 Å². The zero-order chi connectivity index (χ0) is 26.0. The molecule has 0 bridgehead atoms. The highest BCUT2D eigenvalue weighted by Gasteiger charge is 2.23. The van der Waals surface area contributed by atoms with Crippen LogP contribution in [0.25, 0.3) is 0 Å². The topological polar surface area (TPSA) is 76.7 Å². The Kier molecular flexibility index (Phi) is 8.84. The lowest BCUT2D eigenvalue weighted by Crippen LogP contribution is -2.19. The first-order valence-corrected chi connectivity index (χ1v) is 12.6. The summed E-state index contributed by atoms with van der Waals surface area (Å²) in [6, 6.07) is 32.0. The fraction of sp³-hybridized carbons (Fsp3) is 0.133. The third-order valence-corrected chi connectivity index (χ3v) is 6.87. The van der Waals surface area contributed by atoms with Crippen molar-refractivity contribution < 1.29 is 19.1 Å². The number of benzene rings is 4. The van der Waals surface area contributed by atoms with Gasteiger partial charge in [0.1, 0.15) is 16.7 Å². The third kappa shape index (κ3) is 7.15. The highest BCUT2D eigenvalue weighted by molar-refractivity contribution is 8.00. The van der Waals surface area contributed by atoms with Crippen LogP contribution in [-0.2, 0) is 16.0 Å². The van der Waals surface area contributed by atoms with Crippen LogP contribution >= 0.6 is 11.8 Å². The summed E-state index contributed by atoms with van der Waals surface area (Å²) >= 11 is 1.43. The van der Waals surface area contributed by atoms with Gasteiger partial charge in [0.15, 0.2) is 0 Å². The van der Waals surface area contributed by atoms with Gasteiger partial charge in [-0.05, 0) is 47.5 Å². The maximum atomic E-state index is 13.5. The number of hydrogen-bond acceptors (Lipinski definition) is 5. The lowest BCUT2D eigenvalue weighted by molar-refractivity contribution is -0.116. The van der Waals surface area contributed by atoms with Gasteiger partial charge in [0.25, 0.3) is 0 Å². The first kappa shape index (κ1) is 25.9. The van der Waals surface area contributed by atoms with Gasteiger partial charge in [-0.2, -0.15) is 0 Å². The second-order valence-electron chi connectivity index (χ2n) is 8.20. The number of carbonyl (C=O) groups is 2. The van der Waals surface area contributed by atoms with Crippen LogP contribution in [0.4, 0.5) is 11.4 Å². The van der Waals surface area contributed by atoms with E-state index >= 15 is 0 Å². The maximum Gasteiger partial charge on any atom is 0.242 e. The summed E-state index contributed by atoms with van der Waals surface area (Å²) in [4.78, 5) is 26.7. The molecule has 0 fully saturated rings. The van der Waals surface area contributed by atoms with Gasteiger partial charge in [-0.3, -0.25) is 9.59 Å². The smallest absolute Gasteiger partial charge is 0.242 e. The van der Waals surface area contributed by atoms with Gasteiger partial charge in [-0.25, -0.2) is 0 Å². The number of ether oxygens (including phenoxy) is 2. The SMILES string of the molecule is COc1ccc(NC(=O)C(Sc2ccc(NC(=O)Cc3ccccc3)cc2)c2ccccc2)c(OC)c1. The van der Waals surface area contributed by atoms with Gasteiger partial charge in [0.2, 0.25) is 11.8 Å². The summed E-state index contributed by atoms with van der Waals surface area (Å²) in [7, 11) is 3.13. The van der Waals surface area contributed by atoms with Gasteiger partial charge < -0.3 is 20.1 Å². The summed E-state index contributed by atoms with van der Waals surface area (Å²) < 4.78 is 10.7. The van der Waals surface area contributed by atoms with Gasteiger partial charge in [0.05, 0.1) is 26.3 Å². The van der Waals surface area contributed by atoms with Crippen LogP contribution in [0, 0.1) is 0 Å². The number of hydrogen-bond donors (Lipinski definition) is 2. The average molecular weight is 513 g/mol. The Bertz CT molecular complexity index is 1330. The number of amides is 2. The molecule has 0 aliphatic rings. The minimum absolute atomic E-state index is 0.0819. The van der Waals surface area contributed by atoms with Crippen LogP contribution in [0.2, 0.25) is 0 Å². The van der Waals surface area contributed by atoms with Crippen molar-refractivity contribution in [2.24, 2.45) is 0 Å². The Morgan fingerprint density at radius 2 is 1.46 bits per heavy atom. The van der Waals surface area contributed by atoms with Crippen LogP contribution in [0.5, 0.6) is 11.5 Å². The van der Waals surface area contributed by atoms with Gasteiger partial charge >= 0.3 is 0 Å². The molecule has 37 heavy (non-hydrogen) atoms. The minimum Gasteiger partial charge on any atom is -0.497 e. The molecule has 4 aromatic rings. The molecule has 188 valence electrons. The summed E-state index contributed by atoms with van der Waals surface area (Å²) in [6.07, 6.45) is 0.308. The largest absolute Gasteiger partial charge is 0.497 e. The monoisotopic (exact) mass is 512 g/mol. The van der Waals surface area contributed by atoms with Crippen molar-refractivity contribution in [3.63, 3.8) is 0 Å². The van der Waals surface area contributed by atoms with Crippen molar-refractivity contribution in [2.45, 2.75) is 16.6 Å². The number of carbonyl (C=O) groups excluding carboxylic acids is 2. The van der Waals surface area contributed by atoms with Crippen LogP contribution in [0.15, 0.2) is 108 Å². The van der Waals surface area contributed by atoms with E-state index in [4.69, 9.17) is 9.47 Å². The normalized spacial score (nSPS) is 11.3. The molecule has 0 aliphatic heterocycles. The molecule has 0 saturated carbocycles. The molecule has 7 heteroatoms. The molecule has 2 amide bonds. The van der Waals surface area contributed by atoms with Crippen molar-refractivity contribution in [1.29, 1.82) is 0 Å². The van der Waals surface area contributed by atoms with Gasteiger partial charge in [-0.15, -0.1) is 11.8 Å². The number of thioether (sulfide) groups is 1. The number of anilines is 2. The molecule has 0 aromatic heterocycles. The zero-order valence-electron chi connectivity index (χ0n) is 20.6. The number of rotatable bonds is 10. The molecule has 0 aliphatic carbocycles. The minimum atomic E-state index is -0.508. The highest BCUT2D eigenvalue weighted by Crippen LogP contribution is 2.38. The fourth-order valence-electron chi connectivity index (χ4n) is 3.74. The molecule has 0 radical (unpaired) electrons. The second kappa shape index (κ2) is 12.6. The van der Waals surface area contributed by atoms with Crippen LogP contribution in [-0.4, -0.2) is 26.0 Å². The number of nitrogens with one attached hydrogen (secondary N) is 2. The van der Waals surface area contributed by atoms with E-state index in [-0.39, 0.29) is 11.8 Å². The van der Waals surface area contributed by atoms with E-state index < -0.39 is 5.25 Å². The molecule has 0 saturated heterocycles. The quantitative estimate of drug-likeness (QED) is 0.242. The van der Waals surface area contributed by atoms with Gasteiger partial charge in [0, 0.05) is 16.6 Å². The lowest BCUT2D eigenvalue weighted by Gasteiger charge is -2.19. The van der Waals surface area contributed by atoms with Crippen molar-refractivity contribution in [3.8, 4) is 11.5 Å². The van der Waals surface area contributed by atoms with E-state index in [9.17, 15) is 9.59 Å². The molecule has 2 N–H and O–H groups in total. The van der Waals surface area contributed by atoms with E-state index in [1.165, 1.54) is 11.8 Å². The molecule has 0 heterocycles. The molecule has 1 atom stereocenters. The third-order valence-electron chi connectivity index (χ3n) is 5.61. The fourth-order valence-corrected chi connectivity index (χ4v) is 4.76. The van der Waals surface area contributed by atoms with Gasteiger partial charge in [-0.1, -0.05) is 60.7 Å². The molecule has 0 spiro atoms. The van der Waals surface area contributed by atoms with E-state index in [1.807, 2.05) is 84.9 Å². The summed E-state index contributed by atoms with van der Waals surface area (Å²) in [5.41, 5.74) is 3.09. The summed E-state index contributed by atoms with van der Waals surface area (Å²) in [5.74, 6) is 0.890. The van der Waals surface area contributed by atoms with Crippen molar-refractivity contribution in [1.82, 2.24) is 0 Å². The predicted molar refractivity (Wildman–Crippen MR) is 148 cm³/mol. The maximum absolute atomic E-state index is 13.5. The Balaban J connectivity index is 1.47. The molecule has 4 rings (SSSR count). The predicted octanol–water partition coefficient (Wildman–Crippen LogP) is 6.36. The Hall–Kier alpha value is -4.23. The van der Waals surface area contributed by atoms with E-state index in [0.29, 0.717) is 29.3 Å². The first-order chi connectivity index (χ1) is 18.1. The van der Waals surface area contributed by atoms with Crippen molar-refractivity contribution in [2.75, 3.05) is 24.9 Å².